The third-order valence-electron chi connectivity index (χ3n) is 5.93. The number of likely N-dealkylation sites (tertiary alicyclic amines) is 1. The van der Waals surface area contributed by atoms with E-state index in [1.165, 1.54) is 26.2 Å². The zero-order valence-corrected chi connectivity index (χ0v) is 19.3. The van der Waals surface area contributed by atoms with Crippen molar-refractivity contribution >= 4 is 24.0 Å². The number of hydrogen-bond donors (Lipinski definition) is 0. The molecule has 180 valence electrons. The molecule has 2 aromatic carbocycles. The highest BCUT2D eigenvalue weighted by molar-refractivity contribution is 5.91. The van der Waals surface area contributed by atoms with Gasteiger partial charge in [-0.2, -0.15) is 0 Å². The Bertz CT molecular complexity index is 1040. The fourth-order valence-electron chi connectivity index (χ4n) is 4.30. The van der Waals surface area contributed by atoms with E-state index in [-0.39, 0.29) is 25.1 Å². The van der Waals surface area contributed by atoms with Gasteiger partial charge in [0.1, 0.15) is 12.6 Å². The monoisotopic (exact) mass is 469 g/mol. The van der Waals surface area contributed by atoms with Crippen molar-refractivity contribution in [2.24, 2.45) is 5.92 Å². The van der Waals surface area contributed by atoms with Crippen LogP contribution in [-0.2, 0) is 35.1 Å². The minimum Gasteiger partial charge on any atom is -0.469 e. The summed E-state index contributed by atoms with van der Waals surface area (Å²) < 4.78 is 20.2. The van der Waals surface area contributed by atoms with E-state index in [1.807, 2.05) is 30.3 Å². The maximum atomic E-state index is 13.1. The number of rotatable bonds is 7. The van der Waals surface area contributed by atoms with Crippen LogP contribution in [-0.4, -0.2) is 62.8 Å². The topological polar surface area (TPSA) is 108 Å². The molecule has 1 saturated heterocycles. The summed E-state index contributed by atoms with van der Waals surface area (Å²) in [6.45, 7) is 0.0399. The molecule has 2 aromatic rings. The third-order valence-corrected chi connectivity index (χ3v) is 5.93. The average molecular weight is 469 g/mol. The predicted octanol–water partition coefficient (Wildman–Crippen LogP) is 2.93. The zero-order valence-electron chi connectivity index (χ0n) is 19.3. The van der Waals surface area contributed by atoms with Gasteiger partial charge in [0, 0.05) is 18.4 Å². The first-order valence-corrected chi connectivity index (χ1v) is 10.7. The van der Waals surface area contributed by atoms with Crippen LogP contribution >= 0.6 is 0 Å². The second-order valence-electron chi connectivity index (χ2n) is 7.79. The van der Waals surface area contributed by atoms with E-state index < -0.39 is 41.9 Å². The van der Waals surface area contributed by atoms with Gasteiger partial charge in [-0.1, -0.05) is 48.5 Å². The predicted molar refractivity (Wildman–Crippen MR) is 120 cm³/mol. The van der Waals surface area contributed by atoms with Crippen molar-refractivity contribution in [3.05, 3.63) is 71.3 Å². The van der Waals surface area contributed by atoms with Crippen LogP contribution in [0, 0.1) is 5.92 Å². The fourth-order valence-corrected chi connectivity index (χ4v) is 4.30. The van der Waals surface area contributed by atoms with Crippen LogP contribution in [0.3, 0.4) is 0 Å². The number of amides is 1. The number of benzene rings is 2. The van der Waals surface area contributed by atoms with Gasteiger partial charge in [-0.05, 0) is 17.2 Å². The van der Waals surface area contributed by atoms with E-state index in [0.717, 1.165) is 5.56 Å². The lowest BCUT2D eigenvalue weighted by Crippen LogP contribution is -2.44. The minimum atomic E-state index is -1.11. The van der Waals surface area contributed by atoms with Crippen LogP contribution in [0.4, 0.5) is 4.79 Å². The molecular formula is C25H27NO8. The van der Waals surface area contributed by atoms with Crippen LogP contribution < -0.4 is 0 Å². The standard InChI is InChI=1S/C25H27NO8/c1-31-21(27)13-19-20(17-11-7-8-12-18(17)23(28)32-2)14-26(22(19)24(29)33-3)25(30)34-15-16-9-5-4-6-10-16/h4-12,19-20,22H,13-15H2,1-3H3/t19-,20+,22-/m0/s1. The smallest absolute Gasteiger partial charge is 0.410 e. The van der Waals surface area contributed by atoms with Gasteiger partial charge in [0.15, 0.2) is 0 Å². The van der Waals surface area contributed by atoms with E-state index in [4.69, 9.17) is 18.9 Å². The highest BCUT2D eigenvalue weighted by Crippen LogP contribution is 2.42. The number of methoxy groups -OCH3 is 3. The fraction of sp³-hybridized carbons (Fsp3) is 0.360. The number of carbonyl (C=O) groups excluding carboxylic acids is 4. The Morgan fingerprint density at radius 3 is 2.21 bits per heavy atom. The second-order valence-corrected chi connectivity index (χ2v) is 7.79. The van der Waals surface area contributed by atoms with Gasteiger partial charge in [0.05, 0.1) is 33.3 Å². The lowest BCUT2D eigenvalue weighted by atomic mass is 9.81. The summed E-state index contributed by atoms with van der Waals surface area (Å²) in [6, 6.07) is 14.7. The second kappa shape index (κ2) is 11.3. The van der Waals surface area contributed by atoms with E-state index in [9.17, 15) is 19.2 Å². The Balaban J connectivity index is 1.98. The normalized spacial score (nSPS) is 19.3. The van der Waals surface area contributed by atoms with Crippen molar-refractivity contribution < 1.29 is 38.1 Å². The molecule has 0 aromatic heterocycles. The number of carbonyl (C=O) groups is 4. The van der Waals surface area contributed by atoms with E-state index in [0.29, 0.717) is 5.56 Å². The lowest BCUT2D eigenvalue weighted by Gasteiger charge is -2.25. The van der Waals surface area contributed by atoms with Gasteiger partial charge in [0.2, 0.25) is 0 Å². The van der Waals surface area contributed by atoms with Crippen molar-refractivity contribution in [1.82, 2.24) is 4.90 Å². The molecule has 1 aliphatic rings. The number of nitrogens with zero attached hydrogens (tertiary/aromatic N) is 1. The molecule has 0 unspecified atom stereocenters. The summed E-state index contributed by atoms with van der Waals surface area (Å²) in [5.41, 5.74) is 1.62. The molecule has 1 fully saturated rings. The van der Waals surface area contributed by atoms with Gasteiger partial charge in [-0.3, -0.25) is 9.69 Å². The largest absolute Gasteiger partial charge is 0.469 e. The van der Waals surface area contributed by atoms with Crippen LogP contribution in [0.1, 0.15) is 33.8 Å². The van der Waals surface area contributed by atoms with Gasteiger partial charge >= 0.3 is 24.0 Å². The molecule has 0 N–H and O–H groups in total. The highest BCUT2D eigenvalue weighted by atomic mass is 16.6. The molecular weight excluding hydrogens is 442 g/mol. The molecule has 34 heavy (non-hydrogen) atoms. The van der Waals surface area contributed by atoms with Crippen molar-refractivity contribution in [3.8, 4) is 0 Å². The lowest BCUT2D eigenvalue weighted by molar-refractivity contribution is -0.148. The zero-order chi connectivity index (χ0) is 24.7. The molecule has 0 aliphatic carbocycles. The number of ether oxygens (including phenoxy) is 4. The minimum absolute atomic E-state index is 0.00908. The molecule has 1 aliphatic heterocycles. The van der Waals surface area contributed by atoms with E-state index >= 15 is 0 Å². The Kier molecular flexibility index (Phi) is 8.24. The van der Waals surface area contributed by atoms with Crippen LogP contribution in [0.25, 0.3) is 0 Å². The summed E-state index contributed by atoms with van der Waals surface area (Å²) >= 11 is 0. The first-order chi connectivity index (χ1) is 16.4. The molecule has 1 heterocycles. The molecule has 9 heteroatoms. The van der Waals surface area contributed by atoms with Crippen molar-refractivity contribution in [3.63, 3.8) is 0 Å². The van der Waals surface area contributed by atoms with Crippen molar-refractivity contribution in [2.75, 3.05) is 27.9 Å². The Labute approximate surface area is 197 Å². The van der Waals surface area contributed by atoms with Crippen LogP contribution in [0.2, 0.25) is 0 Å². The van der Waals surface area contributed by atoms with E-state index in [1.54, 1.807) is 24.3 Å². The van der Waals surface area contributed by atoms with Crippen LogP contribution in [0.15, 0.2) is 54.6 Å². The van der Waals surface area contributed by atoms with Crippen LogP contribution in [0.5, 0.6) is 0 Å². The van der Waals surface area contributed by atoms with Gasteiger partial charge in [-0.25, -0.2) is 14.4 Å². The Morgan fingerprint density at radius 1 is 0.882 bits per heavy atom. The van der Waals surface area contributed by atoms with Crippen molar-refractivity contribution in [1.29, 1.82) is 0 Å². The first kappa shape index (κ1) is 24.8. The first-order valence-electron chi connectivity index (χ1n) is 10.7. The molecule has 0 spiro atoms. The molecule has 3 atom stereocenters. The molecule has 3 rings (SSSR count). The Morgan fingerprint density at radius 2 is 1.56 bits per heavy atom. The van der Waals surface area contributed by atoms with E-state index in [2.05, 4.69) is 0 Å². The average Bonchev–Trinajstić information content (AvgIpc) is 3.25. The van der Waals surface area contributed by atoms with Gasteiger partial charge in [-0.15, -0.1) is 0 Å². The maximum Gasteiger partial charge on any atom is 0.410 e. The summed E-state index contributed by atoms with van der Waals surface area (Å²) in [4.78, 5) is 51.8. The quantitative estimate of drug-likeness (QED) is 0.450. The molecule has 9 nitrogen and oxygen atoms in total. The third kappa shape index (κ3) is 5.36. The molecule has 0 radical (unpaired) electrons. The van der Waals surface area contributed by atoms with Crippen molar-refractivity contribution in [2.45, 2.75) is 25.0 Å². The maximum absolute atomic E-state index is 13.1. The summed E-state index contributed by atoms with van der Waals surface area (Å²) in [7, 11) is 3.72. The SMILES string of the molecule is COC(=O)C[C@H]1[C@@H](c2ccccc2C(=O)OC)CN(C(=O)OCc2ccccc2)[C@@H]1C(=O)OC. The summed E-state index contributed by atoms with van der Waals surface area (Å²) in [5, 5.41) is 0. The molecule has 0 bridgehead atoms. The van der Waals surface area contributed by atoms with Gasteiger partial charge in [0.25, 0.3) is 0 Å². The molecule has 1 amide bonds. The number of hydrogen-bond acceptors (Lipinski definition) is 8. The number of esters is 3. The summed E-state index contributed by atoms with van der Waals surface area (Å²) in [5.74, 6) is -3.08. The highest BCUT2D eigenvalue weighted by Gasteiger charge is 2.51. The Hall–Kier alpha value is -3.88. The summed E-state index contributed by atoms with van der Waals surface area (Å²) in [6.07, 6.45) is -0.897. The molecule has 0 saturated carbocycles. The van der Waals surface area contributed by atoms with Gasteiger partial charge < -0.3 is 18.9 Å².